The van der Waals surface area contributed by atoms with Crippen molar-refractivity contribution in [2.75, 3.05) is 7.11 Å². The Kier molecular flexibility index (Phi) is 4.84. The Labute approximate surface area is 145 Å². The standard InChI is InChI=1S/C20H19NO4/c1-13-5-3-4-6-14(13)9-17(22)11-16-12-25-20(21-16)15-7-8-19(24-2)18(23)10-15/h3-8,10,12,23H,9,11H2,1-2H3. The molecule has 0 aliphatic rings. The smallest absolute Gasteiger partial charge is 0.226 e. The van der Waals surface area contributed by atoms with Gasteiger partial charge in [0.15, 0.2) is 11.5 Å². The molecule has 0 aliphatic heterocycles. The van der Waals surface area contributed by atoms with Gasteiger partial charge in [-0.3, -0.25) is 4.79 Å². The first-order chi connectivity index (χ1) is 12.1. The van der Waals surface area contributed by atoms with Crippen molar-refractivity contribution in [3.63, 3.8) is 0 Å². The quantitative estimate of drug-likeness (QED) is 0.742. The van der Waals surface area contributed by atoms with E-state index in [2.05, 4.69) is 4.98 Å². The predicted molar refractivity (Wildman–Crippen MR) is 93.7 cm³/mol. The number of hydrogen-bond donors (Lipinski definition) is 1. The number of aryl methyl sites for hydroxylation is 1. The summed E-state index contributed by atoms with van der Waals surface area (Å²) in [6.45, 7) is 1.99. The van der Waals surface area contributed by atoms with Crippen molar-refractivity contribution in [3.8, 4) is 23.0 Å². The molecule has 128 valence electrons. The fourth-order valence-corrected chi connectivity index (χ4v) is 2.63. The summed E-state index contributed by atoms with van der Waals surface area (Å²) >= 11 is 0. The van der Waals surface area contributed by atoms with Gasteiger partial charge in [-0.2, -0.15) is 0 Å². The number of Topliss-reactive ketones (excluding diaryl/α,β-unsaturated/α-hetero) is 1. The monoisotopic (exact) mass is 337 g/mol. The van der Waals surface area contributed by atoms with Gasteiger partial charge in [0, 0.05) is 12.0 Å². The van der Waals surface area contributed by atoms with Crippen LogP contribution in [-0.4, -0.2) is 23.0 Å². The van der Waals surface area contributed by atoms with Gasteiger partial charge in [0.25, 0.3) is 0 Å². The Morgan fingerprint density at radius 3 is 2.72 bits per heavy atom. The largest absolute Gasteiger partial charge is 0.504 e. The van der Waals surface area contributed by atoms with Crippen LogP contribution in [0.1, 0.15) is 16.8 Å². The number of oxazole rings is 1. The maximum absolute atomic E-state index is 12.3. The molecule has 3 rings (SSSR count). The molecule has 0 bridgehead atoms. The number of methoxy groups -OCH3 is 1. The van der Waals surface area contributed by atoms with Crippen LogP contribution in [0, 0.1) is 6.92 Å². The third kappa shape index (κ3) is 3.88. The van der Waals surface area contributed by atoms with E-state index in [1.54, 1.807) is 12.1 Å². The molecule has 0 saturated heterocycles. The Morgan fingerprint density at radius 2 is 2.00 bits per heavy atom. The van der Waals surface area contributed by atoms with Gasteiger partial charge in [0.2, 0.25) is 5.89 Å². The van der Waals surface area contributed by atoms with Crippen LogP contribution in [0.15, 0.2) is 53.1 Å². The van der Waals surface area contributed by atoms with E-state index < -0.39 is 0 Å². The van der Waals surface area contributed by atoms with E-state index in [-0.39, 0.29) is 18.0 Å². The average molecular weight is 337 g/mol. The molecule has 0 atom stereocenters. The number of phenols is 1. The summed E-state index contributed by atoms with van der Waals surface area (Å²) in [7, 11) is 1.48. The van der Waals surface area contributed by atoms with Crippen molar-refractivity contribution in [1.29, 1.82) is 0 Å². The molecule has 1 heterocycles. The van der Waals surface area contributed by atoms with Gasteiger partial charge in [-0.05, 0) is 36.2 Å². The molecule has 0 radical (unpaired) electrons. The van der Waals surface area contributed by atoms with E-state index in [1.807, 2.05) is 31.2 Å². The lowest BCUT2D eigenvalue weighted by Crippen LogP contribution is -2.07. The zero-order valence-corrected chi connectivity index (χ0v) is 14.2. The van der Waals surface area contributed by atoms with Crippen molar-refractivity contribution >= 4 is 5.78 Å². The minimum Gasteiger partial charge on any atom is -0.504 e. The van der Waals surface area contributed by atoms with Gasteiger partial charge in [0.1, 0.15) is 12.0 Å². The van der Waals surface area contributed by atoms with Crippen molar-refractivity contribution in [2.45, 2.75) is 19.8 Å². The zero-order chi connectivity index (χ0) is 17.8. The highest BCUT2D eigenvalue weighted by Crippen LogP contribution is 2.31. The number of ketones is 1. The number of carbonyl (C=O) groups is 1. The van der Waals surface area contributed by atoms with Crippen LogP contribution in [0.5, 0.6) is 11.5 Å². The molecule has 25 heavy (non-hydrogen) atoms. The summed E-state index contributed by atoms with van der Waals surface area (Å²) in [5, 5.41) is 9.85. The van der Waals surface area contributed by atoms with Crippen molar-refractivity contribution in [3.05, 3.63) is 65.5 Å². The second kappa shape index (κ2) is 7.21. The highest BCUT2D eigenvalue weighted by molar-refractivity contribution is 5.83. The summed E-state index contributed by atoms with van der Waals surface area (Å²) in [6, 6.07) is 12.7. The van der Waals surface area contributed by atoms with E-state index in [9.17, 15) is 9.90 Å². The molecular weight excluding hydrogens is 318 g/mol. The molecule has 1 N–H and O–H groups in total. The molecule has 0 spiro atoms. The van der Waals surface area contributed by atoms with E-state index in [0.717, 1.165) is 11.1 Å². The number of aromatic nitrogens is 1. The Hall–Kier alpha value is -3.08. The normalized spacial score (nSPS) is 10.6. The number of hydrogen-bond acceptors (Lipinski definition) is 5. The first-order valence-electron chi connectivity index (χ1n) is 7.95. The predicted octanol–water partition coefficient (Wildman–Crippen LogP) is 3.72. The Balaban J connectivity index is 1.70. The summed E-state index contributed by atoms with van der Waals surface area (Å²) < 4.78 is 10.5. The molecule has 2 aromatic carbocycles. The fourth-order valence-electron chi connectivity index (χ4n) is 2.63. The van der Waals surface area contributed by atoms with Crippen molar-refractivity contribution < 1.29 is 19.1 Å². The Bertz CT molecular complexity index is 898. The highest BCUT2D eigenvalue weighted by atomic mass is 16.5. The third-order valence-electron chi connectivity index (χ3n) is 4.00. The number of ether oxygens (including phenoxy) is 1. The third-order valence-corrected chi connectivity index (χ3v) is 4.00. The lowest BCUT2D eigenvalue weighted by atomic mass is 10.0. The lowest BCUT2D eigenvalue weighted by Gasteiger charge is -2.04. The van der Waals surface area contributed by atoms with Crippen LogP contribution in [0.25, 0.3) is 11.5 Å². The fraction of sp³-hybridized carbons (Fsp3) is 0.200. The summed E-state index contributed by atoms with van der Waals surface area (Å²) in [5.74, 6) is 0.822. The molecule has 5 heteroatoms. The van der Waals surface area contributed by atoms with E-state index >= 15 is 0 Å². The highest BCUT2D eigenvalue weighted by Gasteiger charge is 2.13. The number of phenolic OH excluding ortho intramolecular Hbond substituents is 1. The van der Waals surface area contributed by atoms with Crippen LogP contribution in [0.2, 0.25) is 0 Å². The lowest BCUT2D eigenvalue weighted by molar-refractivity contribution is -0.117. The SMILES string of the molecule is COc1ccc(-c2nc(CC(=O)Cc3ccccc3C)co2)cc1O. The van der Waals surface area contributed by atoms with Gasteiger partial charge in [-0.25, -0.2) is 4.98 Å². The molecule has 1 aromatic heterocycles. The van der Waals surface area contributed by atoms with Crippen molar-refractivity contribution in [1.82, 2.24) is 4.98 Å². The van der Waals surface area contributed by atoms with E-state index in [1.165, 1.54) is 19.4 Å². The minimum atomic E-state index is 0.00961. The summed E-state index contributed by atoms with van der Waals surface area (Å²) in [4.78, 5) is 16.6. The molecule has 0 aliphatic carbocycles. The van der Waals surface area contributed by atoms with Crippen LogP contribution < -0.4 is 4.74 Å². The second-order valence-corrected chi connectivity index (χ2v) is 5.85. The second-order valence-electron chi connectivity index (χ2n) is 5.85. The average Bonchev–Trinajstić information content (AvgIpc) is 3.05. The molecule has 5 nitrogen and oxygen atoms in total. The van der Waals surface area contributed by atoms with Gasteiger partial charge in [-0.1, -0.05) is 24.3 Å². The molecular formula is C20H19NO4. The number of benzene rings is 2. The first-order valence-corrected chi connectivity index (χ1v) is 7.95. The maximum Gasteiger partial charge on any atom is 0.226 e. The zero-order valence-electron chi connectivity index (χ0n) is 14.2. The van der Waals surface area contributed by atoms with Crippen LogP contribution in [0.3, 0.4) is 0 Å². The minimum absolute atomic E-state index is 0.00961. The summed E-state index contributed by atoms with van der Waals surface area (Å²) in [5.41, 5.74) is 3.32. The Morgan fingerprint density at radius 1 is 1.20 bits per heavy atom. The molecule has 0 amide bonds. The molecule has 3 aromatic rings. The van der Waals surface area contributed by atoms with E-state index in [4.69, 9.17) is 9.15 Å². The van der Waals surface area contributed by atoms with Gasteiger partial charge >= 0.3 is 0 Å². The topological polar surface area (TPSA) is 72.6 Å². The number of aromatic hydroxyl groups is 1. The van der Waals surface area contributed by atoms with Gasteiger partial charge < -0.3 is 14.3 Å². The molecule has 0 saturated carbocycles. The maximum atomic E-state index is 12.3. The molecule has 0 unspecified atom stereocenters. The number of nitrogens with zero attached hydrogens (tertiary/aromatic N) is 1. The number of carbonyl (C=O) groups excluding carboxylic acids is 1. The van der Waals surface area contributed by atoms with Gasteiger partial charge in [0.05, 0.1) is 19.2 Å². The number of rotatable bonds is 6. The van der Waals surface area contributed by atoms with Gasteiger partial charge in [-0.15, -0.1) is 0 Å². The van der Waals surface area contributed by atoms with Crippen LogP contribution in [0.4, 0.5) is 0 Å². The van der Waals surface area contributed by atoms with Crippen LogP contribution in [-0.2, 0) is 17.6 Å². The first kappa shape index (κ1) is 16.8. The van der Waals surface area contributed by atoms with E-state index in [0.29, 0.717) is 29.3 Å². The summed E-state index contributed by atoms with van der Waals surface area (Å²) in [6.07, 6.45) is 2.06. The van der Waals surface area contributed by atoms with Crippen LogP contribution >= 0.6 is 0 Å². The van der Waals surface area contributed by atoms with Crippen molar-refractivity contribution in [2.24, 2.45) is 0 Å². The molecule has 0 fully saturated rings.